The van der Waals surface area contributed by atoms with E-state index in [-0.39, 0.29) is 34.4 Å². The van der Waals surface area contributed by atoms with Gasteiger partial charge in [0, 0.05) is 29.2 Å². The Morgan fingerprint density at radius 1 is 1.02 bits per heavy atom. The van der Waals surface area contributed by atoms with Crippen molar-refractivity contribution in [3.8, 4) is 6.07 Å². The minimum Gasteiger partial charge on any atom is -0.345 e. The molecule has 0 spiro atoms. The van der Waals surface area contributed by atoms with Crippen LogP contribution < -0.4 is 5.32 Å². The molecule has 0 aromatic heterocycles. The van der Waals surface area contributed by atoms with Crippen molar-refractivity contribution >= 4 is 17.5 Å². The lowest BCUT2D eigenvalue weighted by Gasteiger charge is -2.69. The first-order chi connectivity index (χ1) is 18.2. The summed E-state index contributed by atoms with van der Waals surface area (Å²) in [6.07, 6.45) is 8.42. The Balaban J connectivity index is 1.67. The highest BCUT2D eigenvalue weighted by molar-refractivity contribution is 6.04. The quantitative estimate of drug-likeness (QED) is 0.410. The third-order valence-electron chi connectivity index (χ3n) is 12.6. The second-order valence-electron chi connectivity index (χ2n) is 15.8. The monoisotopic (exact) mass is 554 g/mol. The molecule has 0 bridgehead atoms. The third-order valence-corrected chi connectivity index (χ3v) is 12.6. The van der Waals surface area contributed by atoms with Crippen LogP contribution in [0.4, 0.5) is 8.78 Å². The molecule has 5 nitrogen and oxygen atoms in total. The Labute approximate surface area is 237 Å². The molecule has 0 heterocycles. The topological polar surface area (TPSA) is 87.0 Å². The van der Waals surface area contributed by atoms with E-state index in [0.717, 1.165) is 24.8 Å². The Morgan fingerprint density at radius 3 is 2.25 bits per heavy atom. The van der Waals surface area contributed by atoms with Gasteiger partial charge in [-0.3, -0.25) is 14.4 Å². The highest BCUT2D eigenvalue weighted by atomic mass is 19.3. The van der Waals surface area contributed by atoms with Gasteiger partial charge in [0.05, 0.1) is 5.57 Å². The maximum Gasteiger partial charge on any atom is 0.321 e. The van der Waals surface area contributed by atoms with Gasteiger partial charge >= 0.3 is 5.92 Å². The fourth-order valence-electron chi connectivity index (χ4n) is 10.2. The van der Waals surface area contributed by atoms with Gasteiger partial charge in [0.15, 0.2) is 11.6 Å². The average molecular weight is 555 g/mol. The Kier molecular flexibility index (Phi) is 6.09. The molecule has 3 fully saturated rings. The molecule has 0 aliphatic heterocycles. The highest BCUT2D eigenvalue weighted by Gasteiger charge is 2.70. The zero-order valence-electron chi connectivity index (χ0n) is 25.3. The second-order valence-corrected chi connectivity index (χ2v) is 15.8. The van der Waals surface area contributed by atoms with Crippen LogP contribution in [0.1, 0.15) is 100 Å². The van der Waals surface area contributed by atoms with Gasteiger partial charge in [-0.15, -0.1) is 0 Å². The summed E-state index contributed by atoms with van der Waals surface area (Å²) in [4.78, 5) is 40.3. The van der Waals surface area contributed by atoms with Gasteiger partial charge < -0.3 is 5.32 Å². The number of hydrogen-bond acceptors (Lipinski definition) is 4. The third kappa shape index (κ3) is 3.69. The number of halogens is 2. The van der Waals surface area contributed by atoms with Gasteiger partial charge in [0.1, 0.15) is 6.07 Å². The smallest absolute Gasteiger partial charge is 0.321 e. The number of rotatable bonds is 2. The molecule has 5 aliphatic carbocycles. The number of alkyl halides is 2. The number of nitriles is 1. The van der Waals surface area contributed by atoms with Crippen LogP contribution in [-0.4, -0.2) is 28.9 Å². The summed E-state index contributed by atoms with van der Waals surface area (Å²) in [7, 11) is 0. The van der Waals surface area contributed by atoms with Crippen LogP contribution in [0.5, 0.6) is 0 Å². The number of Topliss-reactive ketones (excluding diaryl/α,β-unsaturated/α-hetero) is 1. The second kappa shape index (κ2) is 8.35. The maximum absolute atomic E-state index is 14.4. The molecule has 0 radical (unpaired) electrons. The normalized spacial score (nSPS) is 43.6. The summed E-state index contributed by atoms with van der Waals surface area (Å²) >= 11 is 0. The fourth-order valence-corrected chi connectivity index (χ4v) is 10.2. The van der Waals surface area contributed by atoms with Gasteiger partial charge in [-0.2, -0.15) is 14.0 Å². The minimum atomic E-state index is -3.49. The summed E-state index contributed by atoms with van der Waals surface area (Å²) in [6, 6.07) is 2.13. The molecule has 0 aromatic rings. The molecule has 218 valence electrons. The molecule has 1 amide bonds. The standard InChI is InChI=1S/C33H44F2N2O3/c1-27(2)11-13-33(37-26(40)32(8,34)35)14-12-31(7)24(20(33)17-27)21(38)15-23-29(5)16-19(18-36)25(39)28(3,4)22(29)9-10-30(23,31)6/h15-16,20,22,24H,9-14,17H2,1-8H3,(H,37,40)/t20-,22-,24-,29+,30+,31+,33-/m0/s1. The molecule has 1 N–H and O–H groups in total. The van der Waals surface area contributed by atoms with Crippen LogP contribution >= 0.6 is 0 Å². The van der Waals surface area contributed by atoms with E-state index >= 15 is 0 Å². The van der Waals surface area contributed by atoms with Crippen molar-refractivity contribution in [3.63, 3.8) is 0 Å². The molecule has 40 heavy (non-hydrogen) atoms. The Morgan fingerprint density at radius 2 is 1.65 bits per heavy atom. The van der Waals surface area contributed by atoms with Crippen molar-refractivity contribution in [2.75, 3.05) is 0 Å². The van der Waals surface area contributed by atoms with Gasteiger partial charge in [-0.1, -0.05) is 60.1 Å². The van der Waals surface area contributed by atoms with Crippen molar-refractivity contribution in [1.29, 1.82) is 5.26 Å². The lowest BCUT2D eigenvalue weighted by atomic mass is 9.35. The van der Waals surface area contributed by atoms with Crippen molar-refractivity contribution in [2.24, 2.45) is 44.8 Å². The SMILES string of the molecule is CC1(C)CC[C@]2(NC(=O)C(C)(F)F)CC[C@]3(C)[C@H](C(=O)C=C4[C@]5(C)C=C(C#N)C(=O)C(C)(C)[C@@H]5CC[C@]43C)[C@@H]2C1. The molecule has 0 aromatic carbocycles. The summed E-state index contributed by atoms with van der Waals surface area (Å²) in [5.74, 6) is -5.62. The number of ketones is 2. The molecule has 0 saturated heterocycles. The van der Waals surface area contributed by atoms with Gasteiger partial charge in [-0.05, 0) is 79.1 Å². The number of allylic oxidation sites excluding steroid dienone is 4. The number of nitrogens with one attached hydrogen (secondary N) is 1. The minimum absolute atomic E-state index is 0.0113. The van der Waals surface area contributed by atoms with E-state index in [9.17, 15) is 28.4 Å². The maximum atomic E-state index is 14.4. The Hall–Kier alpha value is -2.36. The number of carbonyl (C=O) groups excluding carboxylic acids is 3. The van der Waals surface area contributed by atoms with E-state index in [1.54, 1.807) is 6.08 Å². The molecular weight excluding hydrogens is 510 g/mol. The van der Waals surface area contributed by atoms with Crippen LogP contribution in [0.2, 0.25) is 0 Å². The van der Waals surface area contributed by atoms with Crippen molar-refractivity contribution in [1.82, 2.24) is 5.32 Å². The molecule has 7 atom stereocenters. The number of amides is 1. The number of hydrogen-bond donors (Lipinski definition) is 1. The van der Waals surface area contributed by atoms with Crippen molar-refractivity contribution in [3.05, 3.63) is 23.3 Å². The molecule has 5 aliphatic rings. The van der Waals surface area contributed by atoms with E-state index in [1.165, 1.54) is 0 Å². The van der Waals surface area contributed by atoms with Crippen molar-refractivity contribution in [2.45, 2.75) is 112 Å². The van der Waals surface area contributed by atoms with Crippen LogP contribution in [0, 0.1) is 56.2 Å². The van der Waals surface area contributed by atoms with E-state index in [2.05, 4.69) is 46.0 Å². The summed E-state index contributed by atoms with van der Waals surface area (Å²) < 4.78 is 28.3. The number of nitrogens with zero attached hydrogens (tertiary/aromatic N) is 1. The van der Waals surface area contributed by atoms with Gasteiger partial charge in [0.25, 0.3) is 5.91 Å². The summed E-state index contributed by atoms with van der Waals surface area (Å²) in [5, 5.41) is 12.7. The summed E-state index contributed by atoms with van der Waals surface area (Å²) in [5.41, 5.74) is -1.98. The molecule has 7 heteroatoms. The zero-order valence-corrected chi connectivity index (χ0v) is 25.3. The van der Waals surface area contributed by atoms with Crippen LogP contribution in [0.3, 0.4) is 0 Å². The number of fused-ring (bicyclic) bond motifs is 7. The van der Waals surface area contributed by atoms with E-state index in [1.807, 2.05) is 19.9 Å². The van der Waals surface area contributed by atoms with Crippen molar-refractivity contribution < 1.29 is 23.2 Å². The average Bonchev–Trinajstić information content (AvgIpc) is 2.83. The lowest BCUT2D eigenvalue weighted by molar-refractivity contribution is -0.168. The zero-order chi connectivity index (χ0) is 29.9. The highest BCUT2D eigenvalue weighted by Crippen LogP contribution is 2.73. The van der Waals surface area contributed by atoms with Crippen LogP contribution in [0.15, 0.2) is 23.3 Å². The molecule has 0 unspecified atom stereocenters. The molecule has 3 saturated carbocycles. The van der Waals surface area contributed by atoms with E-state index < -0.39 is 44.9 Å². The first kappa shape index (κ1) is 29.1. The Bertz CT molecular complexity index is 1300. The fraction of sp³-hybridized carbons (Fsp3) is 0.758. The molecular formula is C33H44F2N2O3. The van der Waals surface area contributed by atoms with Gasteiger partial charge in [0.2, 0.25) is 0 Å². The van der Waals surface area contributed by atoms with Crippen LogP contribution in [-0.2, 0) is 14.4 Å². The van der Waals surface area contributed by atoms with E-state index in [0.29, 0.717) is 32.6 Å². The number of carbonyl (C=O) groups is 3. The molecule has 5 rings (SSSR count). The first-order valence-corrected chi connectivity index (χ1v) is 14.8. The summed E-state index contributed by atoms with van der Waals surface area (Å²) in [6.45, 7) is 15.3. The predicted octanol–water partition coefficient (Wildman–Crippen LogP) is 6.73. The lowest BCUT2D eigenvalue weighted by Crippen LogP contribution is -2.70. The van der Waals surface area contributed by atoms with Crippen LogP contribution in [0.25, 0.3) is 0 Å². The predicted molar refractivity (Wildman–Crippen MR) is 148 cm³/mol. The van der Waals surface area contributed by atoms with E-state index in [4.69, 9.17) is 0 Å². The van der Waals surface area contributed by atoms with Gasteiger partial charge in [-0.25, -0.2) is 0 Å². The first-order valence-electron chi connectivity index (χ1n) is 14.8. The largest absolute Gasteiger partial charge is 0.345 e.